The summed E-state index contributed by atoms with van der Waals surface area (Å²) in [5, 5.41) is 0. The summed E-state index contributed by atoms with van der Waals surface area (Å²) >= 11 is 0. The molecule has 0 aliphatic rings. The first-order chi connectivity index (χ1) is 5.21. The lowest BCUT2D eigenvalue weighted by Crippen LogP contribution is -2.21. The van der Waals surface area contributed by atoms with Gasteiger partial charge in [0.2, 0.25) is 0 Å². The van der Waals surface area contributed by atoms with Crippen molar-refractivity contribution in [1.29, 1.82) is 0 Å². The van der Waals surface area contributed by atoms with Crippen LogP contribution in [0.1, 0.15) is 13.3 Å². The second-order valence-electron chi connectivity index (χ2n) is 2.49. The lowest BCUT2D eigenvalue weighted by Gasteiger charge is -2.11. The van der Waals surface area contributed by atoms with Crippen LogP contribution in [0.25, 0.3) is 0 Å². The molecule has 0 radical (unpaired) electrons. The molecule has 0 bridgehead atoms. The summed E-state index contributed by atoms with van der Waals surface area (Å²) in [5.74, 6) is -3.06. The van der Waals surface area contributed by atoms with Crippen LogP contribution in [0.3, 0.4) is 0 Å². The minimum atomic E-state index is -4.34. The molecule has 6 heteroatoms. The molecule has 0 heterocycles. The van der Waals surface area contributed by atoms with Crippen molar-refractivity contribution in [3.63, 3.8) is 0 Å². The Kier molecular flexibility index (Phi) is 3.89. The largest absolute Gasteiger partial charge is 0.391 e. The Morgan fingerprint density at radius 1 is 1.08 bits per heavy atom. The van der Waals surface area contributed by atoms with E-state index in [1.165, 1.54) is 0 Å². The lowest BCUT2D eigenvalue weighted by molar-refractivity contribution is -0.152. The summed E-state index contributed by atoms with van der Waals surface area (Å²) in [6, 6.07) is 0. The molecule has 0 fully saturated rings. The molecule has 0 rings (SSSR count). The van der Waals surface area contributed by atoms with E-state index >= 15 is 0 Å². The molecule has 0 aliphatic carbocycles. The topological polar surface area (TPSA) is 9.23 Å². The summed E-state index contributed by atoms with van der Waals surface area (Å²) in [4.78, 5) is 0. The number of ether oxygens (including phenoxy) is 1. The minimum Gasteiger partial charge on any atom is -0.375 e. The summed E-state index contributed by atoms with van der Waals surface area (Å²) < 4.78 is 62.2. The monoisotopic (exact) mass is 192 g/mol. The van der Waals surface area contributed by atoms with E-state index in [9.17, 15) is 22.0 Å². The number of alkyl halides is 5. The van der Waals surface area contributed by atoms with Crippen molar-refractivity contribution < 1.29 is 26.7 Å². The average molecular weight is 192 g/mol. The molecule has 1 nitrogen and oxygen atoms in total. The zero-order chi connectivity index (χ0) is 9.83. The quantitative estimate of drug-likeness (QED) is 0.491. The van der Waals surface area contributed by atoms with Crippen molar-refractivity contribution in [3.8, 4) is 0 Å². The number of hydrogen-bond acceptors (Lipinski definition) is 1. The van der Waals surface area contributed by atoms with Crippen LogP contribution >= 0.6 is 0 Å². The Hall–Kier alpha value is -0.390. The van der Waals surface area contributed by atoms with Gasteiger partial charge in [0.1, 0.15) is 6.61 Å². The average Bonchev–Trinajstić information content (AvgIpc) is 1.76. The highest BCUT2D eigenvalue weighted by atomic mass is 19.4. The summed E-state index contributed by atoms with van der Waals surface area (Å²) in [7, 11) is 0. The van der Waals surface area contributed by atoms with E-state index in [2.05, 4.69) is 4.74 Å². The van der Waals surface area contributed by atoms with Crippen molar-refractivity contribution in [3.05, 3.63) is 0 Å². The molecule has 0 N–H and O–H groups in total. The Labute approximate surface area is 66.5 Å². The predicted molar refractivity (Wildman–Crippen MR) is 32.1 cm³/mol. The van der Waals surface area contributed by atoms with Gasteiger partial charge in [-0.3, -0.25) is 0 Å². The van der Waals surface area contributed by atoms with Gasteiger partial charge in [-0.05, 0) is 0 Å². The van der Waals surface area contributed by atoms with Crippen molar-refractivity contribution in [1.82, 2.24) is 0 Å². The van der Waals surface area contributed by atoms with Crippen LogP contribution < -0.4 is 0 Å². The highest BCUT2D eigenvalue weighted by Gasteiger charge is 2.28. The van der Waals surface area contributed by atoms with Crippen LogP contribution in [0.5, 0.6) is 0 Å². The van der Waals surface area contributed by atoms with Gasteiger partial charge in [0.25, 0.3) is 5.92 Å². The summed E-state index contributed by atoms with van der Waals surface area (Å²) in [6.45, 7) is -1.10. The van der Waals surface area contributed by atoms with E-state index in [1.54, 1.807) is 0 Å². The molecule has 0 atom stereocenters. The SMILES string of the molecule is CC(F)(F)COCCC(F)(F)F. The fourth-order valence-electron chi connectivity index (χ4n) is 0.439. The second kappa shape index (κ2) is 4.02. The van der Waals surface area contributed by atoms with Gasteiger partial charge in [-0.15, -0.1) is 0 Å². The van der Waals surface area contributed by atoms with Gasteiger partial charge < -0.3 is 4.74 Å². The molecular formula is C6H9F5O. The molecule has 0 aliphatic heterocycles. The van der Waals surface area contributed by atoms with E-state index in [1.807, 2.05) is 0 Å². The number of halogens is 5. The maximum absolute atomic E-state index is 11.9. The van der Waals surface area contributed by atoms with Gasteiger partial charge in [-0.2, -0.15) is 13.2 Å². The third-order valence-electron chi connectivity index (χ3n) is 0.885. The Bertz CT molecular complexity index is 109. The van der Waals surface area contributed by atoms with Crippen molar-refractivity contribution in [2.75, 3.05) is 13.2 Å². The molecule has 0 amide bonds. The van der Waals surface area contributed by atoms with Crippen LogP contribution in [-0.2, 0) is 4.74 Å². The normalized spacial score (nSPS) is 13.5. The van der Waals surface area contributed by atoms with Gasteiger partial charge >= 0.3 is 6.18 Å². The smallest absolute Gasteiger partial charge is 0.375 e. The van der Waals surface area contributed by atoms with Gasteiger partial charge in [-0.1, -0.05) is 0 Å². The first-order valence-electron chi connectivity index (χ1n) is 3.23. The van der Waals surface area contributed by atoms with Gasteiger partial charge in [0.05, 0.1) is 13.0 Å². The Morgan fingerprint density at radius 3 is 1.92 bits per heavy atom. The van der Waals surface area contributed by atoms with Crippen LogP contribution in [-0.4, -0.2) is 25.3 Å². The first-order valence-corrected chi connectivity index (χ1v) is 3.23. The van der Waals surface area contributed by atoms with Crippen molar-refractivity contribution in [2.24, 2.45) is 0 Å². The maximum Gasteiger partial charge on any atom is 0.391 e. The summed E-state index contributed by atoms with van der Waals surface area (Å²) in [5.41, 5.74) is 0. The van der Waals surface area contributed by atoms with E-state index < -0.39 is 31.7 Å². The Balaban J connectivity index is 3.35. The number of rotatable bonds is 4. The maximum atomic E-state index is 11.9. The first kappa shape index (κ1) is 11.6. The summed E-state index contributed by atoms with van der Waals surface area (Å²) in [6.07, 6.45) is -5.54. The minimum absolute atomic E-state index is 0.584. The highest BCUT2D eigenvalue weighted by Crippen LogP contribution is 2.19. The van der Waals surface area contributed by atoms with E-state index in [4.69, 9.17) is 0 Å². The third-order valence-corrected chi connectivity index (χ3v) is 0.885. The predicted octanol–water partition coefficient (Wildman–Crippen LogP) is 2.61. The zero-order valence-electron chi connectivity index (χ0n) is 6.42. The van der Waals surface area contributed by atoms with Crippen LogP contribution in [0, 0.1) is 0 Å². The molecule has 0 spiro atoms. The van der Waals surface area contributed by atoms with Gasteiger partial charge in [0, 0.05) is 6.92 Å². The van der Waals surface area contributed by atoms with E-state index in [0.717, 1.165) is 0 Å². The van der Waals surface area contributed by atoms with Crippen molar-refractivity contribution >= 4 is 0 Å². The molecule has 0 aromatic carbocycles. The molecule has 0 aromatic heterocycles. The van der Waals surface area contributed by atoms with Gasteiger partial charge in [0.15, 0.2) is 0 Å². The van der Waals surface area contributed by atoms with Crippen molar-refractivity contribution in [2.45, 2.75) is 25.4 Å². The molecule has 12 heavy (non-hydrogen) atoms. The zero-order valence-corrected chi connectivity index (χ0v) is 6.42. The molecule has 0 saturated carbocycles. The standard InChI is InChI=1S/C6H9F5O/c1-5(7,8)4-12-3-2-6(9,10)11/h2-4H2,1H3. The highest BCUT2D eigenvalue weighted by molar-refractivity contribution is 4.55. The Morgan fingerprint density at radius 2 is 1.58 bits per heavy atom. The third kappa shape index (κ3) is 9.61. The van der Waals surface area contributed by atoms with Crippen LogP contribution in [0.4, 0.5) is 22.0 Å². The second-order valence-corrected chi connectivity index (χ2v) is 2.49. The molecule has 0 unspecified atom stereocenters. The lowest BCUT2D eigenvalue weighted by atomic mass is 10.4. The number of hydrogen-bond donors (Lipinski definition) is 0. The molecule has 74 valence electrons. The van der Waals surface area contributed by atoms with E-state index in [-0.39, 0.29) is 0 Å². The fraction of sp³-hybridized carbons (Fsp3) is 1.00. The molecule has 0 saturated heterocycles. The van der Waals surface area contributed by atoms with Crippen LogP contribution in [0.2, 0.25) is 0 Å². The van der Waals surface area contributed by atoms with Crippen LogP contribution in [0.15, 0.2) is 0 Å². The molecule has 0 aromatic rings. The van der Waals surface area contributed by atoms with Gasteiger partial charge in [-0.25, -0.2) is 8.78 Å². The molecular weight excluding hydrogens is 183 g/mol. The van der Waals surface area contributed by atoms with E-state index in [0.29, 0.717) is 6.92 Å². The fourth-order valence-corrected chi connectivity index (χ4v) is 0.439.